The average molecular weight is 309 g/mol. The Morgan fingerprint density at radius 1 is 1.27 bits per heavy atom. The third-order valence-electron chi connectivity index (χ3n) is 3.56. The Morgan fingerprint density at radius 3 is 2.45 bits per heavy atom. The Labute approximate surface area is 131 Å². The van der Waals surface area contributed by atoms with Crippen LogP contribution in [0.1, 0.15) is 50.6 Å². The SMILES string of the molecule is Cc1nn(CC(C)C)c(C)c1CCC(=O)N[C@H](C)CC(=O)O. The minimum absolute atomic E-state index is 0.0594. The van der Waals surface area contributed by atoms with Gasteiger partial charge in [-0.05, 0) is 38.7 Å². The number of carbonyl (C=O) groups is 2. The Hall–Kier alpha value is -1.85. The van der Waals surface area contributed by atoms with Gasteiger partial charge in [0.1, 0.15) is 0 Å². The van der Waals surface area contributed by atoms with E-state index in [2.05, 4.69) is 24.3 Å². The second kappa shape index (κ2) is 7.96. The summed E-state index contributed by atoms with van der Waals surface area (Å²) in [5.41, 5.74) is 3.18. The lowest BCUT2D eigenvalue weighted by atomic mass is 10.1. The largest absolute Gasteiger partial charge is 0.481 e. The molecule has 2 N–H and O–H groups in total. The molecular formula is C16H27N3O3. The van der Waals surface area contributed by atoms with Crippen LogP contribution in [0.2, 0.25) is 0 Å². The Bertz CT molecular complexity index is 535. The van der Waals surface area contributed by atoms with Crippen LogP contribution >= 0.6 is 0 Å². The van der Waals surface area contributed by atoms with E-state index in [0.717, 1.165) is 23.5 Å². The van der Waals surface area contributed by atoms with Crippen LogP contribution in [-0.2, 0) is 22.6 Å². The highest BCUT2D eigenvalue weighted by atomic mass is 16.4. The number of aliphatic carboxylic acids is 1. The van der Waals surface area contributed by atoms with Crippen LogP contribution in [0.5, 0.6) is 0 Å². The average Bonchev–Trinajstić information content (AvgIpc) is 2.60. The number of carboxylic acid groups (broad SMARTS) is 1. The van der Waals surface area contributed by atoms with Crippen molar-refractivity contribution >= 4 is 11.9 Å². The number of hydrogen-bond acceptors (Lipinski definition) is 3. The predicted molar refractivity (Wildman–Crippen MR) is 84.7 cm³/mol. The highest BCUT2D eigenvalue weighted by Crippen LogP contribution is 2.16. The number of hydrogen-bond donors (Lipinski definition) is 2. The first-order chi connectivity index (χ1) is 10.2. The number of aromatic nitrogens is 2. The van der Waals surface area contributed by atoms with Gasteiger partial charge in [-0.15, -0.1) is 0 Å². The van der Waals surface area contributed by atoms with E-state index in [1.54, 1.807) is 6.92 Å². The Kier molecular flexibility index (Phi) is 6.59. The van der Waals surface area contributed by atoms with Crippen LogP contribution in [-0.4, -0.2) is 32.8 Å². The van der Waals surface area contributed by atoms with Gasteiger partial charge in [-0.3, -0.25) is 14.3 Å². The van der Waals surface area contributed by atoms with Crippen LogP contribution in [0, 0.1) is 19.8 Å². The standard InChI is InChI=1S/C16H27N3O3/c1-10(2)9-19-13(5)14(12(4)18-19)6-7-15(20)17-11(3)8-16(21)22/h10-11H,6-9H2,1-5H3,(H,17,20)(H,21,22)/t11-/m1/s1. The summed E-state index contributed by atoms with van der Waals surface area (Å²) < 4.78 is 2.00. The third-order valence-corrected chi connectivity index (χ3v) is 3.56. The van der Waals surface area contributed by atoms with Crippen molar-refractivity contribution in [3.8, 4) is 0 Å². The van der Waals surface area contributed by atoms with Gasteiger partial charge in [-0.1, -0.05) is 13.8 Å². The zero-order valence-electron chi connectivity index (χ0n) is 14.1. The van der Waals surface area contributed by atoms with Crippen LogP contribution in [0.25, 0.3) is 0 Å². The van der Waals surface area contributed by atoms with E-state index in [1.807, 2.05) is 18.5 Å². The van der Waals surface area contributed by atoms with Gasteiger partial charge in [-0.2, -0.15) is 5.10 Å². The Balaban J connectivity index is 2.59. The summed E-state index contributed by atoms with van der Waals surface area (Å²) in [6.45, 7) is 10.9. The van der Waals surface area contributed by atoms with Gasteiger partial charge in [0.15, 0.2) is 0 Å². The van der Waals surface area contributed by atoms with Crippen molar-refractivity contribution in [2.24, 2.45) is 5.92 Å². The first kappa shape index (κ1) is 18.2. The predicted octanol–water partition coefficient (Wildman–Crippen LogP) is 2.07. The normalized spacial score (nSPS) is 12.5. The van der Waals surface area contributed by atoms with Gasteiger partial charge in [0.2, 0.25) is 5.91 Å². The summed E-state index contributed by atoms with van der Waals surface area (Å²) >= 11 is 0. The molecule has 0 aliphatic carbocycles. The van der Waals surface area contributed by atoms with Crippen molar-refractivity contribution in [3.63, 3.8) is 0 Å². The molecule has 0 spiro atoms. The highest BCUT2D eigenvalue weighted by molar-refractivity contribution is 5.77. The van der Waals surface area contributed by atoms with E-state index in [-0.39, 0.29) is 18.4 Å². The van der Waals surface area contributed by atoms with Gasteiger partial charge >= 0.3 is 5.97 Å². The van der Waals surface area contributed by atoms with Crippen molar-refractivity contribution in [1.29, 1.82) is 0 Å². The molecule has 1 atom stereocenters. The van der Waals surface area contributed by atoms with Crippen LogP contribution < -0.4 is 5.32 Å². The van der Waals surface area contributed by atoms with E-state index >= 15 is 0 Å². The molecule has 6 nitrogen and oxygen atoms in total. The summed E-state index contributed by atoms with van der Waals surface area (Å²) in [4.78, 5) is 22.5. The molecule has 0 saturated heterocycles. The van der Waals surface area contributed by atoms with Gasteiger partial charge in [0.25, 0.3) is 0 Å². The minimum atomic E-state index is -0.908. The summed E-state index contributed by atoms with van der Waals surface area (Å²) in [6, 6.07) is -0.351. The maximum Gasteiger partial charge on any atom is 0.305 e. The number of aryl methyl sites for hydroxylation is 1. The van der Waals surface area contributed by atoms with Crippen molar-refractivity contribution < 1.29 is 14.7 Å². The number of carbonyl (C=O) groups excluding carboxylic acids is 1. The molecule has 1 amide bonds. The summed E-state index contributed by atoms with van der Waals surface area (Å²) in [5, 5.41) is 15.9. The van der Waals surface area contributed by atoms with Crippen LogP contribution in [0.4, 0.5) is 0 Å². The molecule has 0 bridgehead atoms. The zero-order chi connectivity index (χ0) is 16.9. The molecule has 0 fully saturated rings. The number of amides is 1. The lowest BCUT2D eigenvalue weighted by Crippen LogP contribution is -2.34. The number of rotatable bonds is 8. The van der Waals surface area contributed by atoms with Crippen LogP contribution in [0.3, 0.4) is 0 Å². The molecule has 0 aromatic carbocycles. The van der Waals surface area contributed by atoms with Crippen molar-refractivity contribution in [2.75, 3.05) is 0 Å². The molecule has 0 saturated carbocycles. The zero-order valence-corrected chi connectivity index (χ0v) is 14.1. The van der Waals surface area contributed by atoms with E-state index in [1.165, 1.54) is 0 Å². The molecule has 0 aliphatic rings. The van der Waals surface area contributed by atoms with E-state index in [0.29, 0.717) is 18.8 Å². The number of carboxylic acids is 1. The minimum Gasteiger partial charge on any atom is -0.481 e. The van der Waals surface area contributed by atoms with Gasteiger partial charge < -0.3 is 10.4 Å². The molecule has 1 rings (SSSR count). The fourth-order valence-corrected chi connectivity index (χ4v) is 2.52. The maximum atomic E-state index is 11.9. The third kappa shape index (κ3) is 5.50. The molecule has 0 radical (unpaired) electrons. The molecule has 22 heavy (non-hydrogen) atoms. The molecule has 0 unspecified atom stereocenters. The summed E-state index contributed by atoms with van der Waals surface area (Å²) in [5.74, 6) is -0.510. The molecule has 1 aromatic rings. The second-order valence-corrected chi connectivity index (χ2v) is 6.29. The number of nitrogens with one attached hydrogen (secondary N) is 1. The summed E-state index contributed by atoms with van der Waals surface area (Å²) in [6.07, 6.45) is 0.913. The number of nitrogens with zero attached hydrogens (tertiary/aromatic N) is 2. The Morgan fingerprint density at radius 2 is 1.91 bits per heavy atom. The van der Waals surface area contributed by atoms with Crippen LogP contribution in [0.15, 0.2) is 0 Å². The molecule has 124 valence electrons. The molecule has 1 heterocycles. The fourth-order valence-electron chi connectivity index (χ4n) is 2.52. The monoisotopic (exact) mass is 309 g/mol. The smallest absolute Gasteiger partial charge is 0.305 e. The second-order valence-electron chi connectivity index (χ2n) is 6.29. The first-order valence-corrected chi connectivity index (χ1v) is 7.74. The lowest BCUT2D eigenvalue weighted by Gasteiger charge is -2.11. The van der Waals surface area contributed by atoms with Crippen molar-refractivity contribution in [2.45, 2.75) is 66.5 Å². The molecular weight excluding hydrogens is 282 g/mol. The van der Waals surface area contributed by atoms with E-state index in [4.69, 9.17) is 5.11 Å². The molecule has 1 aromatic heterocycles. The summed E-state index contributed by atoms with van der Waals surface area (Å²) in [7, 11) is 0. The van der Waals surface area contributed by atoms with Gasteiger partial charge in [0.05, 0.1) is 12.1 Å². The molecule has 0 aliphatic heterocycles. The lowest BCUT2D eigenvalue weighted by molar-refractivity contribution is -0.137. The van der Waals surface area contributed by atoms with Crippen molar-refractivity contribution in [1.82, 2.24) is 15.1 Å². The maximum absolute atomic E-state index is 11.9. The fraction of sp³-hybridized carbons (Fsp3) is 0.688. The van der Waals surface area contributed by atoms with E-state index < -0.39 is 5.97 Å². The quantitative estimate of drug-likeness (QED) is 0.770. The van der Waals surface area contributed by atoms with Gasteiger partial charge in [0, 0.05) is 24.7 Å². The topological polar surface area (TPSA) is 84.2 Å². The first-order valence-electron chi connectivity index (χ1n) is 7.74. The van der Waals surface area contributed by atoms with Crippen molar-refractivity contribution in [3.05, 3.63) is 17.0 Å². The van der Waals surface area contributed by atoms with E-state index in [9.17, 15) is 9.59 Å². The molecule has 6 heteroatoms. The highest BCUT2D eigenvalue weighted by Gasteiger charge is 2.15. The van der Waals surface area contributed by atoms with Gasteiger partial charge in [-0.25, -0.2) is 0 Å².